The molecule has 1 atom stereocenters. The van der Waals surface area contributed by atoms with Crippen molar-refractivity contribution in [2.45, 2.75) is 33.8 Å². The fourth-order valence-electron chi connectivity index (χ4n) is 2.36. The summed E-state index contributed by atoms with van der Waals surface area (Å²) in [7, 11) is 1.46. The number of methoxy groups -OCH3 is 1. The van der Waals surface area contributed by atoms with Gasteiger partial charge in [-0.05, 0) is 43.3 Å². The molecule has 2 rings (SSSR count). The van der Waals surface area contributed by atoms with E-state index in [4.69, 9.17) is 9.47 Å². The van der Waals surface area contributed by atoms with Gasteiger partial charge in [0.25, 0.3) is 0 Å². The lowest BCUT2D eigenvalue weighted by atomic mass is 9.95. The topological polar surface area (TPSA) is 81.7 Å². The van der Waals surface area contributed by atoms with Crippen molar-refractivity contribution in [1.29, 1.82) is 0 Å². The van der Waals surface area contributed by atoms with Gasteiger partial charge in [0.05, 0.1) is 7.11 Å². The van der Waals surface area contributed by atoms with Crippen LogP contribution in [0.5, 0.6) is 5.75 Å². The number of hydrogen-bond donors (Lipinski definition) is 1. The summed E-state index contributed by atoms with van der Waals surface area (Å²) < 4.78 is 10.4. The summed E-state index contributed by atoms with van der Waals surface area (Å²) in [6, 6.07) is 13.1. The van der Waals surface area contributed by atoms with Gasteiger partial charge in [0.1, 0.15) is 11.3 Å². The van der Waals surface area contributed by atoms with Crippen molar-refractivity contribution in [1.82, 2.24) is 0 Å². The number of anilines is 1. The Morgan fingerprint density at radius 3 is 2.14 bits per heavy atom. The van der Waals surface area contributed by atoms with Crippen LogP contribution in [0.25, 0.3) is 0 Å². The molecule has 6 nitrogen and oxygen atoms in total. The number of nitrogens with one attached hydrogen (secondary N) is 1. The Bertz CT molecular complexity index is 865. The normalized spacial score (nSPS) is 12.0. The number of ether oxygens (including phenoxy) is 2. The van der Waals surface area contributed by atoms with E-state index in [0.717, 1.165) is 0 Å². The van der Waals surface area contributed by atoms with E-state index < -0.39 is 17.5 Å². The molecule has 0 heterocycles. The molecule has 1 N–H and O–H groups in total. The van der Waals surface area contributed by atoms with Crippen LogP contribution >= 0.6 is 0 Å². The van der Waals surface area contributed by atoms with Crippen molar-refractivity contribution >= 4 is 23.3 Å². The van der Waals surface area contributed by atoms with Crippen LogP contribution in [0.1, 0.15) is 48.4 Å². The Kier molecular flexibility index (Phi) is 6.57. The first-order valence-corrected chi connectivity index (χ1v) is 8.93. The van der Waals surface area contributed by atoms with Crippen LogP contribution < -0.4 is 10.1 Å². The van der Waals surface area contributed by atoms with Gasteiger partial charge in [0, 0.05) is 16.7 Å². The van der Waals surface area contributed by atoms with E-state index in [1.807, 2.05) is 20.8 Å². The van der Waals surface area contributed by atoms with Gasteiger partial charge in [-0.15, -0.1) is 0 Å². The lowest BCUT2D eigenvalue weighted by Gasteiger charge is -2.18. The van der Waals surface area contributed by atoms with Gasteiger partial charge in [-0.25, -0.2) is 4.79 Å². The molecule has 0 aromatic heterocycles. The maximum absolute atomic E-state index is 12.6. The predicted octanol–water partition coefficient (Wildman–Crippen LogP) is 4.11. The molecule has 0 saturated heterocycles. The van der Waals surface area contributed by atoms with Gasteiger partial charge in [0.2, 0.25) is 11.7 Å². The minimum absolute atomic E-state index is 0.120. The molecule has 0 aliphatic carbocycles. The number of rotatable bonds is 6. The van der Waals surface area contributed by atoms with E-state index in [1.54, 1.807) is 48.5 Å². The molecule has 0 aliphatic heterocycles. The zero-order valence-electron chi connectivity index (χ0n) is 16.7. The van der Waals surface area contributed by atoms with Crippen molar-refractivity contribution in [3.63, 3.8) is 0 Å². The Hall–Kier alpha value is -3.15. The quantitative estimate of drug-likeness (QED) is 0.600. The third-order valence-electron chi connectivity index (χ3n) is 4.09. The first kappa shape index (κ1) is 21.2. The van der Waals surface area contributed by atoms with Crippen molar-refractivity contribution in [3.8, 4) is 5.75 Å². The molecule has 2 aromatic carbocycles. The molecule has 0 aliphatic rings. The average molecular weight is 383 g/mol. The van der Waals surface area contributed by atoms with E-state index >= 15 is 0 Å². The van der Waals surface area contributed by atoms with E-state index in [1.165, 1.54) is 14.0 Å². The highest BCUT2D eigenvalue weighted by molar-refractivity contribution is 6.02. The molecule has 0 radical (unpaired) electrons. The average Bonchev–Trinajstić information content (AvgIpc) is 2.67. The minimum Gasteiger partial charge on any atom is -0.496 e. The Morgan fingerprint density at radius 1 is 0.964 bits per heavy atom. The summed E-state index contributed by atoms with van der Waals surface area (Å²) in [4.78, 5) is 36.9. The third kappa shape index (κ3) is 5.19. The van der Waals surface area contributed by atoms with Gasteiger partial charge in [-0.1, -0.05) is 32.9 Å². The number of benzene rings is 2. The molecule has 148 valence electrons. The summed E-state index contributed by atoms with van der Waals surface area (Å²) in [6.07, 6.45) is -0.965. The van der Waals surface area contributed by atoms with Crippen molar-refractivity contribution in [2.24, 2.45) is 5.41 Å². The number of ketones is 1. The van der Waals surface area contributed by atoms with Crippen LogP contribution in [0.4, 0.5) is 5.69 Å². The monoisotopic (exact) mass is 383 g/mol. The molecule has 0 saturated carbocycles. The van der Waals surface area contributed by atoms with Crippen molar-refractivity contribution in [2.75, 3.05) is 12.4 Å². The van der Waals surface area contributed by atoms with Gasteiger partial charge in [-0.2, -0.15) is 0 Å². The number of carbonyl (C=O) groups is 3. The number of hydrogen-bond acceptors (Lipinski definition) is 5. The minimum atomic E-state index is -0.965. The van der Waals surface area contributed by atoms with E-state index in [9.17, 15) is 14.4 Å². The maximum Gasteiger partial charge on any atom is 0.342 e. The number of esters is 1. The largest absolute Gasteiger partial charge is 0.496 e. The van der Waals surface area contributed by atoms with Gasteiger partial charge >= 0.3 is 5.97 Å². The van der Waals surface area contributed by atoms with E-state index in [2.05, 4.69) is 5.32 Å². The van der Waals surface area contributed by atoms with E-state index in [0.29, 0.717) is 17.0 Å². The summed E-state index contributed by atoms with van der Waals surface area (Å²) in [5, 5.41) is 2.79. The smallest absolute Gasteiger partial charge is 0.342 e. The molecule has 0 spiro atoms. The Labute approximate surface area is 164 Å². The van der Waals surface area contributed by atoms with Crippen LogP contribution in [0.15, 0.2) is 48.5 Å². The second-order valence-corrected chi connectivity index (χ2v) is 7.39. The van der Waals surface area contributed by atoms with Gasteiger partial charge in [-0.3, -0.25) is 9.59 Å². The van der Waals surface area contributed by atoms with Crippen LogP contribution in [-0.2, 0) is 9.53 Å². The fraction of sp³-hybridized carbons (Fsp3) is 0.318. The standard InChI is InChI=1S/C22H25NO5/c1-14(28-20(25)17-8-6-7-9-18(17)27-5)19(24)15-10-12-16(13-11-15)23-21(26)22(2,3)4/h6-14H,1-5H3,(H,23,26). The molecule has 1 unspecified atom stereocenters. The molecule has 1 amide bonds. The zero-order valence-corrected chi connectivity index (χ0v) is 16.7. The first-order chi connectivity index (χ1) is 13.1. The molecule has 0 fully saturated rings. The molecule has 0 bridgehead atoms. The Balaban J connectivity index is 2.05. The number of amides is 1. The molecule has 2 aromatic rings. The highest BCUT2D eigenvalue weighted by Crippen LogP contribution is 2.21. The predicted molar refractivity (Wildman–Crippen MR) is 107 cm³/mol. The van der Waals surface area contributed by atoms with Crippen LogP contribution in [0.3, 0.4) is 0 Å². The van der Waals surface area contributed by atoms with Gasteiger partial charge < -0.3 is 14.8 Å². The first-order valence-electron chi connectivity index (χ1n) is 8.93. The Morgan fingerprint density at radius 2 is 1.57 bits per heavy atom. The summed E-state index contributed by atoms with van der Waals surface area (Å²) in [6.45, 7) is 6.97. The SMILES string of the molecule is COc1ccccc1C(=O)OC(C)C(=O)c1ccc(NC(=O)C(C)(C)C)cc1. The summed E-state index contributed by atoms with van der Waals surface area (Å²) in [5.41, 5.74) is 0.713. The number of para-hydroxylation sites is 1. The van der Waals surface area contributed by atoms with Crippen LogP contribution in [-0.4, -0.2) is 30.9 Å². The number of Topliss-reactive ketones (excluding diaryl/α,β-unsaturated/α-hetero) is 1. The third-order valence-corrected chi connectivity index (χ3v) is 4.09. The van der Waals surface area contributed by atoms with Crippen LogP contribution in [0.2, 0.25) is 0 Å². The van der Waals surface area contributed by atoms with Crippen molar-refractivity contribution in [3.05, 3.63) is 59.7 Å². The highest BCUT2D eigenvalue weighted by Gasteiger charge is 2.23. The summed E-state index contributed by atoms with van der Waals surface area (Å²) >= 11 is 0. The fourth-order valence-corrected chi connectivity index (χ4v) is 2.36. The number of carbonyl (C=O) groups excluding carboxylic acids is 3. The second kappa shape index (κ2) is 8.69. The lowest BCUT2D eigenvalue weighted by molar-refractivity contribution is -0.123. The molecular weight excluding hydrogens is 358 g/mol. The molecule has 6 heteroatoms. The maximum atomic E-state index is 12.6. The van der Waals surface area contributed by atoms with Crippen molar-refractivity contribution < 1.29 is 23.9 Å². The second-order valence-electron chi connectivity index (χ2n) is 7.39. The van der Waals surface area contributed by atoms with Crippen LogP contribution in [0, 0.1) is 5.41 Å². The highest BCUT2D eigenvalue weighted by atomic mass is 16.5. The van der Waals surface area contributed by atoms with Gasteiger partial charge in [0.15, 0.2) is 6.10 Å². The molecular formula is C22H25NO5. The lowest BCUT2D eigenvalue weighted by Crippen LogP contribution is -2.27. The van der Waals surface area contributed by atoms with E-state index in [-0.39, 0.29) is 17.3 Å². The molecule has 28 heavy (non-hydrogen) atoms. The zero-order chi connectivity index (χ0) is 20.9. The summed E-state index contributed by atoms with van der Waals surface area (Å²) in [5.74, 6) is -0.707.